The zero-order chi connectivity index (χ0) is 14.8. The first-order chi connectivity index (χ1) is 10.2. The molecule has 0 saturated carbocycles. The predicted molar refractivity (Wildman–Crippen MR) is 89.2 cm³/mol. The van der Waals surface area contributed by atoms with Crippen LogP contribution in [0.15, 0.2) is 24.4 Å². The number of halogens is 1. The monoisotopic (exact) mass is 320 g/mol. The molecule has 3 aromatic rings. The van der Waals surface area contributed by atoms with Gasteiger partial charge in [-0.3, -0.25) is 0 Å². The third-order valence-electron chi connectivity index (χ3n) is 3.45. The highest BCUT2D eigenvalue weighted by molar-refractivity contribution is 7.15. The fourth-order valence-corrected chi connectivity index (χ4v) is 3.38. The molecule has 110 valence electrons. The smallest absolute Gasteiger partial charge is 0.183 e. The minimum Gasteiger partial charge on any atom is -0.380 e. The first-order valence-electron chi connectivity index (χ1n) is 7.04. The van der Waals surface area contributed by atoms with Crippen LogP contribution < -0.4 is 5.32 Å². The van der Waals surface area contributed by atoms with Crippen molar-refractivity contribution >= 4 is 39.7 Å². The average molecular weight is 321 g/mol. The summed E-state index contributed by atoms with van der Waals surface area (Å²) in [5.41, 5.74) is 3.30. The molecule has 0 radical (unpaired) electrons. The highest BCUT2D eigenvalue weighted by atomic mass is 35.5. The van der Waals surface area contributed by atoms with Crippen molar-refractivity contribution in [3.63, 3.8) is 0 Å². The molecule has 21 heavy (non-hydrogen) atoms. The second-order valence-corrected chi connectivity index (χ2v) is 6.46. The van der Waals surface area contributed by atoms with Crippen LogP contribution in [0.3, 0.4) is 0 Å². The van der Waals surface area contributed by atoms with E-state index in [-0.39, 0.29) is 0 Å². The molecule has 1 aromatic carbocycles. The lowest BCUT2D eigenvalue weighted by Gasteiger charge is -2.06. The van der Waals surface area contributed by atoms with Gasteiger partial charge in [-0.1, -0.05) is 18.5 Å². The van der Waals surface area contributed by atoms with E-state index in [1.807, 2.05) is 0 Å². The van der Waals surface area contributed by atoms with Gasteiger partial charge in [-0.15, -0.1) is 11.3 Å². The van der Waals surface area contributed by atoms with Gasteiger partial charge in [0.15, 0.2) is 4.47 Å². The number of rotatable bonds is 5. The van der Waals surface area contributed by atoms with Crippen LogP contribution in [-0.2, 0) is 19.5 Å². The molecule has 2 aromatic heterocycles. The molecular formula is C15H17ClN4S. The number of aryl methyl sites for hydroxylation is 2. The lowest BCUT2D eigenvalue weighted by Crippen LogP contribution is -2.00. The Labute approximate surface area is 132 Å². The van der Waals surface area contributed by atoms with Gasteiger partial charge in [-0.2, -0.15) is 0 Å². The molecule has 0 aliphatic carbocycles. The van der Waals surface area contributed by atoms with Gasteiger partial charge >= 0.3 is 0 Å². The van der Waals surface area contributed by atoms with E-state index in [0.717, 1.165) is 41.4 Å². The Bertz CT molecular complexity index is 762. The molecule has 0 aliphatic rings. The summed E-state index contributed by atoms with van der Waals surface area (Å²) in [5.74, 6) is 1.14. The highest BCUT2D eigenvalue weighted by Crippen LogP contribution is 2.23. The maximum Gasteiger partial charge on any atom is 0.183 e. The molecule has 0 amide bonds. The SMILES string of the molecule is CCc1nc2cc(NCc3cnc(Cl)s3)ccc2n1CC. The number of anilines is 1. The van der Waals surface area contributed by atoms with Crippen LogP contribution in [0.4, 0.5) is 5.69 Å². The van der Waals surface area contributed by atoms with Crippen LogP contribution >= 0.6 is 22.9 Å². The second kappa shape index (κ2) is 6.03. The van der Waals surface area contributed by atoms with Crippen LogP contribution in [0.1, 0.15) is 24.5 Å². The molecule has 0 unspecified atom stereocenters. The summed E-state index contributed by atoms with van der Waals surface area (Å²) >= 11 is 7.34. The summed E-state index contributed by atoms with van der Waals surface area (Å²) in [6.45, 7) is 5.97. The topological polar surface area (TPSA) is 42.7 Å². The van der Waals surface area contributed by atoms with Gasteiger partial charge in [-0.25, -0.2) is 9.97 Å². The van der Waals surface area contributed by atoms with Crippen molar-refractivity contribution in [3.05, 3.63) is 39.6 Å². The Morgan fingerprint density at radius 1 is 1.33 bits per heavy atom. The standard InChI is InChI=1S/C15H17ClN4S/c1-3-14-19-12-7-10(5-6-13(12)20(14)4-2)17-8-11-9-18-15(16)21-11/h5-7,9,17H,3-4,8H2,1-2H3. The molecule has 0 spiro atoms. The van der Waals surface area contributed by atoms with Crippen molar-refractivity contribution in [3.8, 4) is 0 Å². The summed E-state index contributed by atoms with van der Waals surface area (Å²) in [6.07, 6.45) is 2.75. The van der Waals surface area contributed by atoms with Crippen molar-refractivity contribution in [1.29, 1.82) is 0 Å². The average Bonchev–Trinajstić information content (AvgIpc) is 3.07. The first kappa shape index (κ1) is 14.4. The van der Waals surface area contributed by atoms with E-state index in [1.54, 1.807) is 6.20 Å². The second-order valence-electron chi connectivity index (χ2n) is 4.76. The maximum atomic E-state index is 5.84. The molecule has 0 atom stereocenters. The fourth-order valence-electron chi connectivity index (χ4n) is 2.47. The van der Waals surface area contributed by atoms with E-state index >= 15 is 0 Å². The number of nitrogens with one attached hydrogen (secondary N) is 1. The van der Waals surface area contributed by atoms with Crippen molar-refractivity contribution in [2.45, 2.75) is 33.4 Å². The Balaban J connectivity index is 1.83. The Morgan fingerprint density at radius 2 is 2.19 bits per heavy atom. The number of imidazole rings is 1. The third-order valence-corrected chi connectivity index (χ3v) is 4.57. The Hall–Kier alpha value is -1.59. The molecule has 0 fully saturated rings. The molecule has 0 aliphatic heterocycles. The number of hydrogen-bond acceptors (Lipinski definition) is 4. The number of aromatic nitrogens is 3. The summed E-state index contributed by atoms with van der Waals surface area (Å²) < 4.78 is 2.85. The van der Waals surface area contributed by atoms with E-state index in [1.165, 1.54) is 16.9 Å². The maximum absolute atomic E-state index is 5.84. The largest absolute Gasteiger partial charge is 0.380 e. The molecule has 1 N–H and O–H groups in total. The van der Waals surface area contributed by atoms with E-state index in [4.69, 9.17) is 16.6 Å². The van der Waals surface area contributed by atoms with E-state index in [0.29, 0.717) is 4.47 Å². The van der Waals surface area contributed by atoms with Crippen LogP contribution in [0.2, 0.25) is 4.47 Å². The minimum atomic E-state index is 0.580. The lowest BCUT2D eigenvalue weighted by atomic mass is 10.2. The van der Waals surface area contributed by atoms with Crippen molar-refractivity contribution in [1.82, 2.24) is 14.5 Å². The van der Waals surface area contributed by atoms with Crippen LogP contribution in [0.25, 0.3) is 11.0 Å². The van der Waals surface area contributed by atoms with Gasteiger partial charge < -0.3 is 9.88 Å². The molecule has 0 saturated heterocycles. The number of thiazole rings is 1. The quantitative estimate of drug-likeness (QED) is 0.760. The molecule has 4 nitrogen and oxygen atoms in total. The van der Waals surface area contributed by atoms with E-state index < -0.39 is 0 Å². The Kier molecular flexibility index (Phi) is 4.12. The molecule has 3 rings (SSSR count). The van der Waals surface area contributed by atoms with Crippen LogP contribution in [0.5, 0.6) is 0 Å². The summed E-state index contributed by atoms with van der Waals surface area (Å²) in [6, 6.07) is 6.33. The third kappa shape index (κ3) is 2.89. The molecule has 0 bridgehead atoms. The van der Waals surface area contributed by atoms with Crippen LogP contribution in [-0.4, -0.2) is 14.5 Å². The first-order valence-corrected chi connectivity index (χ1v) is 8.24. The summed E-state index contributed by atoms with van der Waals surface area (Å²) in [5, 5.41) is 3.39. The van der Waals surface area contributed by atoms with E-state index in [9.17, 15) is 0 Å². The zero-order valence-electron chi connectivity index (χ0n) is 12.1. The summed E-state index contributed by atoms with van der Waals surface area (Å²) in [7, 11) is 0. The molecule has 6 heteroatoms. The van der Waals surface area contributed by atoms with Crippen molar-refractivity contribution in [2.24, 2.45) is 0 Å². The fraction of sp³-hybridized carbons (Fsp3) is 0.333. The molecular weight excluding hydrogens is 304 g/mol. The predicted octanol–water partition coefficient (Wildman–Crippen LogP) is 4.34. The normalized spacial score (nSPS) is 11.2. The lowest BCUT2D eigenvalue weighted by molar-refractivity contribution is 0.726. The number of fused-ring (bicyclic) bond motifs is 1. The van der Waals surface area contributed by atoms with Gasteiger partial charge in [0.25, 0.3) is 0 Å². The number of hydrogen-bond donors (Lipinski definition) is 1. The van der Waals surface area contributed by atoms with Crippen LogP contribution in [0, 0.1) is 0 Å². The van der Waals surface area contributed by atoms with Gasteiger partial charge in [0, 0.05) is 29.7 Å². The molecule has 2 heterocycles. The number of nitrogens with zero attached hydrogens (tertiary/aromatic N) is 3. The van der Waals surface area contributed by atoms with Gasteiger partial charge in [0.05, 0.1) is 17.6 Å². The highest BCUT2D eigenvalue weighted by Gasteiger charge is 2.08. The zero-order valence-corrected chi connectivity index (χ0v) is 13.6. The van der Waals surface area contributed by atoms with Gasteiger partial charge in [0.1, 0.15) is 5.82 Å². The van der Waals surface area contributed by atoms with E-state index in [2.05, 4.69) is 46.9 Å². The van der Waals surface area contributed by atoms with Crippen molar-refractivity contribution < 1.29 is 0 Å². The van der Waals surface area contributed by atoms with Gasteiger partial charge in [0.2, 0.25) is 0 Å². The van der Waals surface area contributed by atoms with Gasteiger partial charge in [-0.05, 0) is 25.1 Å². The Morgan fingerprint density at radius 3 is 2.86 bits per heavy atom. The number of benzene rings is 1. The summed E-state index contributed by atoms with van der Waals surface area (Å²) in [4.78, 5) is 9.88. The minimum absolute atomic E-state index is 0.580. The van der Waals surface area contributed by atoms with Crippen molar-refractivity contribution in [2.75, 3.05) is 5.32 Å².